The van der Waals surface area contributed by atoms with E-state index < -0.39 is 0 Å². The number of halogens is 1. The van der Waals surface area contributed by atoms with Crippen molar-refractivity contribution in [1.82, 2.24) is 14.5 Å². The van der Waals surface area contributed by atoms with E-state index in [2.05, 4.69) is 69.4 Å². The molecule has 1 aromatic heterocycles. The molecule has 1 aromatic carbocycles. The van der Waals surface area contributed by atoms with Gasteiger partial charge in [0.1, 0.15) is 0 Å². The highest BCUT2D eigenvalue weighted by Crippen LogP contribution is 2.24. The molecule has 5 heteroatoms. The van der Waals surface area contributed by atoms with Crippen molar-refractivity contribution >= 4 is 39.2 Å². The first-order chi connectivity index (χ1) is 10.1. The number of nitrogens with one attached hydrogen (secondary N) is 1. The number of imidazole rings is 1. The molecule has 1 heterocycles. The normalized spacial score (nSPS) is 13.2. The molecule has 116 valence electrons. The number of fused-ring (bicyclic) bond motifs is 1. The number of hydrogen-bond acceptors (Lipinski definition) is 2. The van der Waals surface area contributed by atoms with Gasteiger partial charge in [-0.05, 0) is 69.8 Å². The highest BCUT2D eigenvalue weighted by Gasteiger charge is 2.11. The van der Waals surface area contributed by atoms with Gasteiger partial charge in [0.25, 0.3) is 0 Å². The van der Waals surface area contributed by atoms with E-state index in [-0.39, 0.29) is 0 Å². The first-order valence-corrected chi connectivity index (χ1v) is 8.89. The molecule has 0 spiro atoms. The molecule has 0 radical (unpaired) electrons. The van der Waals surface area contributed by atoms with Crippen LogP contribution in [0.5, 0.6) is 0 Å². The molecule has 3 nitrogen and oxygen atoms in total. The second-order valence-electron chi connectivity index (χ2n) is 5.48. The lowest BCUT2D eigenvalue weighted by Gasteiger charge is -2.20. The second kappa shape index (κ2) is 7.56. The molecule has 0 bridgehead atoms. The van der Waals surface area contributed by atoms with Crippen LogP contribution < -0.4 is 0 Å². The van der Waals surface area contributed by atoms with E-state index >= 15 is 0 Å². The number of hydrogen-bond donors (Lipinski definition) is 1. The van der Waals surface area contributed by atoms with E-state index in [1.165, 1.54) is 18.5 Å². The number of aromatic nitrogens is 2. The van der Waals surface area contributed by atoms with Crippen molar-refractivity contribution in [3.8, 4) is 0 Å². The number of rotatable bonds is 7. The van der Waals surface area contributed by atoms with Crippen LogP contribution in [-0.4, -0.2) is 34.1 Å². The van der Waals surface area contributed by atoms with Crippen LogP contribution in [0.3, 0.4) is 0 Å². The fraction of sp³-hybridized carbons (Fsp3) is 0.562. The van der Waals surface area contributed by atoms with Gasteiger partial charge in [0.15, 0.2) is 4.77 Å². The molecule has 0 saturated carbocycles. The van der Waals surface area contributed by atoms with Gasteiger partial charge in [0.2, 0.25) is 0 Å². The lowest BCUT2D eigenvalue weighted by molar-refractivity contribution is 0.288. The number of H-pyrrole nitrogens is 1. The second-order valence-corrected chi connectivity index (χ2v) is 6.78. The van der Waals surface area contributed by atoms with Crippen molar-refractivity contribution in [1.29, 1.82) is 0 Å². The molecule has 2 rings (SSSR count). The highest BCUT2D eigenvalue weighted by atomic mass is 79.9. The summed E-state index contributed by atoms with van der Waals surface area (Å²) in [5, 5.41) is 0. The molecule has 1 atom stereocenters. The third-order valence-electron chi connectivity index (χ3n) is 4.11. The van der Waals surface area contributed by atoms with E-state index in [1.807, 2.05) is 0 Å². The van der Waals surface area contributed by atoms with Gasteiger partial charge in [-0.2, -0.15) is 0 Å². The summed E-state index contributed by atoms with van der Waals surface area (Å²) < 4.78 is 4.14. The standard InChI is InChI=1S/C16H24BrN3S/c1-4-19(5-2)10-6-7-12(3)20-15-9-8-13(17)11-14(15)18-16(20)21/h8-9,11-12H,4-7,10H2,1-3H3,(H,18,21). The summed E-state index contributed by atoms with van der Waals surface area (Å²) in [5.41, 5.74) is 2.29. The maximum atomic E-state index is 5.50. The molecule has 1 unspecified atom stereocenters. The Morgan fingerprint density at radius 1 is 1.33 bits per heavy atom. The summed E-state index contributed by atoms with van der Waals surface area (Å²) in [5.74, 6) is 0. The van der Waals surface area contributed by atoms with E-state index in [0.717, 1.165) is 34.3 Å². The van der Waals surface area contributed by atoms with Gasteiger partial charge in [-0.3, -0.25) is 0 Å². The molecule has 0 saturated heterocycles. The van der Waals surface area contributed by atoms with Crippen LogP contribution in [0.1, 0.15) is 39.7 Å². The van der Waals surface area contributed by atoms with Crippen LogP contribution in [-0.2, 0) is 0 Å². The first-order valence-electron chi connectivity index (χ1n) is 7.69. The average Bonchev–Trinajstić information content (AvgIpc) is 2.78. The van der Waals surface area contributed by atoms with Crippen molar-refractivity contribution < 1.29 is 0 Å². The molecule has 21 heavy (non-hydrogen) atoms. The van der Waals surface area contributed by atoms with Crippen molar-refractivity contribution in [2.24, 2.45) is 0 Å². The Bertz CT molecular complexity index is 642. The van der Waals surface area contributed by atoms with Crippen molar-refractivity contribution in [3.05, 3.63) is 27.4 Å². The Morgan fingerprint density at radius 3 is 2.71 bits per heavy atom. The average molecular weight is 370 g/mol. The maximum absolute atomic E-state index is 5.50. The summed E-state index contributed by atoms with van der Waals surface area (Å²) in [7, 11) is 0. The predicted octanol–water partition coefficient (Wildman–Crippen LogP) is 5.14. The van der Waals surface area contributed by atoms with Crippen LogP contribution >= 0.6 is 28.1 Å². The summed E-state index contributed by atoms with van der Waals surface area (Å²) in [6.45, 7) is 10.1. The Kier molecular flexibility index (Phi) is 6.02. The van der Waals surface area contributed by atoms with Gasteiger partial charge in [-0.1, -0.05) is 29.8 Å². The lowest BCUT2D eigenvalue weighted by atomic mass is 10.1. The fourth-order valence-electron chi connectivity index (χ4n) is 2.82. The van der Waals surface area contributed by atoms with Crippen molar-refractivity contribution in [3.63, 3.8) is 0 Å². The molecule has 2 aromatic rings. The predicted molar refractivity (Wildman–Crippen MR) is 96.6 cm³/mol. The van der Waals surface area contributed by atoms with E-state index in [4.69, 9.17) is 12.2 Å². The third kappa shape index (κ3) is 3.96. The smallest absolute Gasteiger partial charge is 0.178 e. The fourth-order valence-corrected chi connectivity index (χ4v) is 3.57. The molecule has 0 fully saturated rings. The van der Waals surface area contributed by atoms with Gasteiger partial charge >= 0.3 is 0 Å². The van der Waals surface area contributed by atoms with Crippen molar-refractivity contribution in [2.45, 2.75) is 39.7 Å². The topological polar surface area (TPSA) is 24.0 Å². The number of benzene rings is 1. The summed E-state index contributed by atoms with van der Waals surface area (Å²) in [4.78, 5) is 5.78. The molecular weight excluding hydrogens is 346 g/mol. The van der Waals surface area contributed by atoms with Crippen LogP contribution in [0.25, 0.3) is 11.0 Å². The maximum Gasteiger partial charge on any atom is 0.178 e. The van der Waals surface area contributed by atoms with Crippen LogP contribution in [0.2, 0.25) is 0 Å². The minimum absolute atomic E-state index is 0.419. The molecule has 1 N–H and O–H groups in total. The largest absolute Gasteiger partial charge is 0.331 e. The monoisotopic (exact) mass is 369 g/mol. The third-order valence-corrected chi connectivity index (χ3v) is 4.90. The zero-order valence-corrected chi connectivity index (χ0v) is 15.4. The van der Waals surface area contributed by atoms with Crippen LogP contribution in [0.15, 0.2) is 22.7 Å². The van der Waals surface area contributed by atoms with Crippen LogP contribution in [0, 0.1) is 4.77 Å². The Labute approximate surface area is 140 Å². The summed E-state index contributed by atoms with van der Waals surface area (Å²) in [6, 6.07) is 6.71. The quantitative estimate of drug-likeness (QED) is 0.682. The van der Waals surface area contributed by atoms with Gasteiger partial charge < -0.3 is 14.5 Å². The van der Waals surface area contributed by atoms with E-state index in [0.29, 0.717) is 6.04 Å². The minimum Gasteiger partial charge on any atom is -0.331 e. The zero-order chi connectivity index (χ0) is 15.4. The van der Waals surface area contributed by atoms with Crippen molar-refractivity contribution in [2.75, 3.05) is 19.6 Å². The number of aromatic amines is 1. The molecule has 0 aliphatic heterocycles. The van der Waals surface area contributed by atoms with E-state index in [9.17, 15) is 0 Å². The number of nitrogens with zero attached hydrogens (tertiary/aromatic N) is 2. The zero-order valence-electron chi connectivity index (χ0n) is 13.0. The lowest BCUT2D eigenvalue weighted by Crippen LogP contribution is -2.24. The van der Waals surface area contributed by atoms with E-state index in [1.54, 1.807) is 0 Å². The minimum atomic E-state index is 0.419. The molecule has 0 amide bonds. The molecular formula is C16H24BrN3S. The molecule has 0 aliphatic rings. The Morgan fingerprint density at radius 2 is 2.05 bits per heavy atom. The summed E-state index contributed by atoms with van der Waals surface area (Å²) >= 11 is 9.01. The van der Waals surface area contributed by atoms with Crippen LogP contribution in [0.4, 0.5) is 0 Å². The van der Waals surface area contributed by atoms with Gasteiger partial charge in [-0.25, -0.2) is 0 Å². The highest BCUT2D eigenvalue weighted by molar-refractivity contribution is 9.10. The van der Waals surface area contributed by atoms with Gasteiger partial charge in [0, 0.05) is 10.5 Å². The Balaban J connectivity index is 2.11. The SMILES string of the molecule is CCN(CC)CCCC(C)n1c(=S)[nH]c2cc(Br)ccc21. The summed E-state index contributed by atoms with van der Waals surface area (Å²) in [6.07, 6.45) is 2.35. The Hall–Kier alpha value is -0.650. The first kappa shape index (κ1) is 16.7. The van der Waals surface area contributed by atoms with Gasteiger partial charge in [-0.15, -0.1) is 0 Å². The van der Waals surface area contributed by atoms with Gasteiger partial charge in [0.05, 0.1) is 11.0 Å². The molecule has 0 aliphatic carbocycles.